The summed E-state index contributed by atoms with van der Waals surface area (Å²) < 4.78 is 0. The molecule has 1 saturated heterocycles. The first-order valence-electron chi connectivity index (χ1n) is 6.58. The van der Waals surface area contributed by atoms with Gasteiger partial charge in [0.25, 0.3) is 0 Å². The molecule has 1 aromatic carbocycles. The monoisotopic (exact) mass is 232 g/mol. The highest BCUT2D eigenvalue weighted by molar-refractivity contribution is 5.29. The van der Waals surface area contributed by atoms with Crippen molar-refractivity contribution in [2.45, 2.75) is 18.9 Å². The van der Waals surface area contributed by atoms with Gasteiger partial charge in [-0.2, -0.15) is 0 Å². The Hall–Kier alpha value is -1.06. The molecule has 3 rings (SSSR count). The Morgan fingerprint density at radius 2 is 1.76 bits per heavy atom. The fourth-order valence-corrected chi connectivity index (χ4v) is 2.82. The van der Waals surface area contributed by atoms with E-state index >= 15 is 0 Å². The Bertz CT molecular complexity index is 366. The fraction of sp³-hybridized carbons (Fsp3) is 0.571. The van der Waals surface area contributed by atoms with Crippen LogP contribution >= 0.6 is 0 Å². The molecule has 0 bridgehead atoms. The van der Waals surface area contributed by atoms with Crippen LogP contribution in [0, 0.1) is 5.92 Å². The zero-order valence-electron chi connectivity index (χ0n) is 10.1. The van der Waals surface area contributed by atoms with E-state index in [1.54, 1.807) is 0 Å². The van der Waals surface area contributed by atoms with E-state index in [0.717, 1.165) is 32.1 Å². The summed E-state index contributed by atoms with van der Waals surface area (Å²) in [6.07, 6.45) is 2.71. The van der Waals surface area contributed by atoms with Gasteiger partial charge in [-0.05, 0) is 36.5 Å². The molecule has 1 aromatic rings. The van der Waals surface area contributed by atoms with E-state index in [-0.39, 0.29) is 0 Å². The summed E-state index contributed by atoms with van der Waals surface area (Å²) >= 11 is 0. The van der Waals surface area contributed by atoms with Crippen LogP contribution in [0.5, 0.6) is 5.75 Å². The lowest BCUT2D eigenvalue weighted by atomic mass is 10.00. The molecule has 0 spiro atoms. The standard InChI is InChI=1S/C14H20N2O/c17-13-5-3-12(4-6-13)14(11-1-2-11)16-9-7-15-8-10-16/h3-6,11,14-15,17H,1-2,7-10H2/t14-/m0/s1. The molecule has 0 unspecified atom stereocenters. The van der Waals surface area contributed by atoms with Crippen molar-refractivity contribution in [2.75, 3.05) is 26.2 Å². The van der Waals surface area contributed by atoms with Crippen LogP contribution in [0.2, 0.25) is 0 Å². The van der Waals surface area contributed by atoms with Crippen molar-refractivity contribution < 1.29 is 5.11 Å². The number of phenolic OH excluding ortho intramolecular Hbond substituents is 1. The number of piperazine rings is 1. The number of phenols is 1. The summed E-state index contributed by atoms with van der Waals surface area (Å²) in [7, 11) is 0. The third-order valence-electron chi connectivity index (χ3n) is 3.85. The third-order valence-corrected chi connectivity index (χ3v) is 3.85. The molecule has 1 atom stereocenters. The van der Waals surface area contributed by atoms with E-state index in [2.05, 4.69) is 22.3 Å². The molecule has 2 N–H and O–H groups in total. The molecule has 0 aromatic heterocycles. The van der Waals surface area contributed by atoms with Crippen LogP contribution in [0.3, 0.4) is 0 Å². The Labute approximate surface area is 102 Å². The molecule has 3 nitrogen and oxygen atoms in total. The molecule has 0 radical (unpaired) electrons. The van der Waals surface area contributed by atoms with Crippen molar-refractivity contribution >= 4 is 0 Å². The largest absolute Gasteiger partial charge is 0.508 e. The highest BCUT2D eigenvalue weighted by Crippen LogP contribution is 2.44. The lowest BCUT2D eigenvalue weighted by Gasteiger charge is -2.35. The molecular weight excluding hydrogens is 212 g/mol. The van der Waals surface area contributed by atoms with Gasteiger partial charge in [-0.15, -0.1) is 0 Å². The topological polar surface area (TPSA) is 35.5 Å². The Balaban J connectivity index is 1.81. The van der Waals surface area contributed by atoms with Gasteiger partial charge in [0.2, 0.25) is 0 Å². The second-order valence-corrected chi connectivity index (χ2v) is 5.16. The summed E-state index contributed by atoms with van der Waals surface area (Å²) in [5, 5.41) is 12.8. The molecule has 1 saturated carbocycles. The Morgan fingerprint density at radius 1 is 1.12 bits per heavy atom. The van der Waals surface area contributed by atoms with Gasteiger partial charge >= 0.3 is 0 Å². The number of rotatable bonds is 3. The van der Waals surface area contributed by atoms with Gasteiger partial charge in [0, 0.05) is 32.2 Å². The summed E-state index contributed by atoms with van der Waals surface area (Å²) in [5.41, 5.74) is 1.37. The minimum Gasteiger partial charge on any atom is -0.508 e. The molecule has 1 aliphatic heterocycles. The van der Waals surface area contributed by atoms with Crippen molar-refractivity contribution in [1.82, 2.24) is 10.2 Å². The molecular formula is C14H20N2O. The Kier molecular flexibility index (Phi) is 3.04. The SMILES string of the molecule is Oc1ccc([C@H](C2CC2)N2CCNCC2)cc1. The first-order chi connectivity index (χ1) is 8.34. The molecule has 3 heteroatoms. The molecule has 1 aliphatic carbocycles. The molecule has 17 heavy (non-hydrogen) atoms. The zero-order chi connectivity index (χ0) is 11.7. The normalized spacial score (nSPS) is 23.5. The second kappa shape index (κ2) is 4.67. The van der Waals surface area contributed by atoms with Gasteiger partial charge in [-0.1, -0.05) is 12.1 Å². The Morgan fingerprint density at radius 3 is 2.35 bits per heavy atom. The second-order valence-electron chi connectivity index (χ2n) is 5.16. The first kappa shape index (κ1) is 11.1. The number of hydrogen-bond donors (Lipinski definition) is 2. The number of nitrogens with one attached hydrogen (secondary N) is 1. The van der Waals surface area contributed by atoms with Gasteiger partial charge < -0.3 is 10.4 Å². The van der Waals surface area contributed by atoms with E-state index in [1.807, 2.05) is 12.1 Å². The molecule has 2 aliphatic rings. The van der Waals surface area contributed by atoms with Crippen LogP contribution in [0.15, 0.2) is 24.3 Å². The van der Waals surface area contributed by atoms with Crippen LogP contribution < -0.4 is 5.32 Å². The van der Waals surface area contributed by atoms with Crippen molar-refractivity contribution in [3.05, 3.63) is 29.8 Å². The molecule has 1 heterocycles. The van der Waals surface area contributed by atoms with Crippen molar-refractivity contribution in [3.63, 3.8) is 0 Å². The average Bonchev–Trinajstić information content (AvgIpc) is 3.18. The van der Waals surface area contributed by atoms with Crippen molar-refractivity contribution in [2.24, 2.45) is 5.92 Å². The maximum Gasteiger partial charge on any atom is 0.115 e. The van der Waals surface area contributed by atoms with Crippen LogP contribution in [-0.2, 0) is 0 Å². The van der Waals surface area contributed by atoms with E-state index < -0.39 is 0 Å². The molecule has 2 fully saturated rings. The van der Waals surface area contributed by atoms with Gasteiger partial charge in [0.15, 0.2) is 0 Å². The zero-order valence-corrected chi connectivity index (χ0v) is 10.1. The van der Waals surface area contributed by atoms with E-state index in [4.69, 9.17) is 0 Å². The average molecular weight is 232 g/mol. The lowest BCUT2D eigenvalue weighted by Crippen LogP contribution is -2.45. The van der Waals surface area contributed by atoms with Gasteiger partial charge in [-0.3, -0.25) is 4.90 Å². The number of benzene rings is 1. The predicted octanol–water partition coefficient (Wildman–Crippen LogP) is 1.75. The van der Waals surface area contributed by atoms with Gasteiger partial charge in [-0.25, -0.2) is 0 Å². The maximum absolute atomic E-state index is 9.38. The van der Waals surface area contributed by atoms with Crippen LogP contribution in [0.1, 0.15) is 24.4 Å². The number of aromatic hydroxyl groups is 1. The summed E-state index contributed by atoms with van der Waals surface area (Å²) in [6, 6.07) is 8.36. The van der Waals surface area contributed by atoms with E-state index in [9.17, 15) is 5.11 Å². The summed E-state index contributed by atoms with van der Waals surface area (Å²) in [6.45, 7) is 4.48. The molecule has 0 amide bonds. The summed E-state index contributed by atoms with van der Waals surface area (Å²) in [5.74, 6) is 1.20. The third kappa shape index (κ3) is 2.45. The van der Waals surface area contributed by atoms with Crippen LogP contribution in [0.4, 0.5) is 0 Å². The van der Waals surface area contributed by atoms with Crippen molar-refractivity contribution in [1.29, 1.82) is 0 Å². The van der Waals surface area contributed by atoms with E-state index in [1.165, 1.54) is 18.4 Å². The van der Waals surface area contributed by atoms with E-state index in [0.29, 0.717) is 11.8 Å². The van der Waals surface area contributed by atoms with Crippen molar-refractivity contribution in [3.8, 4) is 5.75 Å². The van der Waals surface area contributed by atoms with Gasteiger partial charge in [0.05, 0.1) is 0 Å². The lowest BCUT2D eigenvalue weighted by molar-refractivity contribution is 0.156. The minimum absolute atomic E-state index is 0.364. The first-order valence-corrected chi connectivity index (χ1v) is 6.58. The highest BCUT2D eigenvalue weighted by atomic mass is 16.3. The highest BCUT2D eigenvalue weighted by Gasteiger charge is 2.36. The number of hydrogen-bond acceptors (Lipinski definition) is 3. The fourth-order valence-electron chi connectivity index (χ4n) is 2.82. The maximum atomic E-state index is 9.38. The van der Waals surface area contributed by atoms with Crippen LogP contribution in [0.25, 0.3) is 0 Å². The van der Waals surface area contributed by atoms with Crippen LogP contribution in [-0.4, -0.2) is 36.2 Å². The quantitative estimate of drug-likeness (QED) is 0.833. The summed E-state index contributed by atoms with van der Waals surface area (Å²) in [4.78, 5) is 2.60. The minimum atomic E-state index is 0.364. The van der Waals surface area contributed by atoms with Gasteiger partial charge in [0.1, 0.15) is 5.75 Å². The molecule has 92 valence electrons. The smallest absolute Gasteiger partial charge is 0.115 e. The number of nitrogens with zero attached hydrogens (tertiary/aromatic N) is 1. The predicted molar refractivity (Wildman–Crippen MR) is 68.0 cm³/mol.